The van der Waals surface area contributed by atoms with E-state index >= 15 is 0 Å². The van der Waals surface area contributed by atoms with Gasteiger partial charge in [0, 0.05) is 10.8 Å². The van der Waals surface area contributed by atoms with Crippen LogP contribution in [0.5, 0.6) is 0 Å². The van der Waals surface area contributed by atoms with Crippen LogP contribution in [0.1, 0.15) is 42.2 Å². The summed E-state index contributed by atoms with van der Waals surface area (Å²) >= 11 is 1.71. The SMILES string of the molecule is Nc1nc2c(s1)CC1CCCC2C1. The van der Waals surface area contributed by atoms with Gasteiger partial charge in [-0.1, -0.05) is 12.8 Å². The fourth-order valence-electron chi connectivity index (χ4n) is 2.83. The first-order valence-electron chi connectivity index (χ1n) is 5.08. The highest BCUT2D eigenvalue weighted by Gasteiger charge is 2.32. The summed E-state index contributed by atoms with van der Waals surface area (Å²) < 4.78 is 0. The normalized spacial score (nSPS) is 31.4. The fraction of sp³-hybridized carbons (Fsp3) is 0.700. The van der Waals surface area contributed by atoms with E-state index in [2.05, 4.69) is 4.98 Å². The molecule has 2 N–H and O–H groups in total. The van der Waals surface area contributed by atoms with Crippen LogP contribution in [0.4, 0.5) is 5.13 Å². The summed E-state index contributed by atoms with van der Waals surface area (Å²) in [6, 6.07) is 0. The molecule has 70 valence electrons. The van der Waals surface area contributed by atoms with Gasteiger partial charge >= 0.3 is 0 Å². The average Bonchev–Trinajstić information content (AvgIpc) is 2.47. The summed E-state index contributed by atoms with van der Waals surface area (Å²) in [7, 11) is 0. The van der Waals surface area contributed by atoms with Crippen molar-refractivity contribution in [1.29, 1.82) is 0 Å². The molecular formula is C10H14N2S. The summed E-state index contributed by atoms with van der Waals surface area (Å²) in [6.07, 6.45) is 6.78. The van der Waals surface area contributed by atoms with Crippen LogP contribution in [0.15, 0.2) is 0 Å². The number of rotatable bonds is 0. The van der Waals surface area contributed by atoms with E-state index in [1.54, 1.807) is 11.3 Å². The number of hydrogen-bond donors (Lipinski definition) is 1. The Hall–Kier alpha value is -0.570. The summed E-state index contributed by atoms with van der Waals surface area (Å²) in [5.41, 5.74) is 7.09. The van der Waals surface area contributed by atoms with Crippen LogP contribution in [-0.2, 0) is 6.42 Å². The van der Waals surface area contributed by atoms with Crippen molar-refractivity contribution in [3.8, 4) is 0 Å². The highest BCUT2D eigenvalue weighted by atomic mass is 32.1. The lowest BCUT2D eigenvalue weighted by atomic mass is 9.73. The predicted molar refractivity (Wildman–Crippen MR) is 54.9 cm³/mol. The summed E-state index contributed by atoms with van der Waals surface area (Å²) in [6.45, 7) is 0. The Morgan fingerprint density at radius 1 is 1.38 bits per heavy atom. The maximum Gasteiger partial charge on any atom is 0.180 e. The van der Waals surface area contributed by atoms with Gasteiger partial charge in [0.25, 0.3) is 0 Å². The molecule has 1 fully saturated rings. The molecule has 2 nitrogen and oxygen atoms in total. The summed E-state index contributed by atoms with van der Waals surface area (Å²) in [5.74, 6) is 1.68. The van der Waals surface area contributed by atoms with E-state index < -0.39 is 0 Å². The van der Waals surface area contributed by atoms with Crippen LogP contribution >= 0.6 is 11.3 Å². The van der Waals surface area contributed by atoms with Gasteiger partial charge in [0.05, 0.1) is 5.69 Å². The number of nitrogen functional groups attached to an aromatic ring is 1. The molecule has 13 heavy (non-hydrogen) atoms. The second kappa shape index (κ2) is 2.71. The summed E-state index contributed by atoms with van der Waals surface area (Å²) in [4.78, 5) is 5.95. The fourth-order valence-corrected chi connectivity index (χ4v) is 3.87. The lowest BCUT2D eigenvalue weighted by Gasteiger charge is -2.33. The van der Waals surface area contributed by atoms with Gasteiger partial charge in [0.15, 0.2) is 5.13 Å². The molecule has 1 heterocycles. The molecule has 0 aromatic carbocycles. The van der Waals surface area contributed by atoms with Crippen molar-refractivity contribution in [2.45, 2.75) is 38.0 Å². The average molecular weight is 194 g/mol. The molecule has 0 radical (unpaired) electrons. The molecule has 2 bridgehead atoms. The molecule has 3 heteroatoms. The Bertz CT molecular complexity index is 332. The lowest BCUT2D eigenvalue weighted by Crippen LogP contribution is -2.22. The topological polar surface area (TPSA) is 38.9 Å². The Balaban J connectivity index is 2.05. The Labute approximate surface area is 82.2 Å². The highest BCUT2D eigenvalue weighted by molar-refractivity contribution is 7.15. The van der Waals surface area contributed by atoms with Crippen LogP contribution in [0, 0.1) is 5.92 Å². The highest BCUT2D eigenvalue weighted by Crippen LogP contribution is 2.45. The molecule has 0 amide bonds. The lowest BCUT2D eigenvalue weighted by molar-refractivity contribution is 0.298. The smallest absolute Gasteiger partial charge is 0.180 e. The quantitative estimate of drug-likeness (QED) is 0.689. The first-order valence-corrected chi connectivity index (χ1v) is 5.89. The minimum absolute atomic E-state index is 0.746. The van der Waals surface area contributed by atoms with Gasteiger partial charge in [-0.05, 0) is 25.2 Å². The van der Waals surface area contributed by atoms with Crippen molar-refractivity contribution in [2.75, 3.05) is 5.73 Å². The van der Waals surface area contributed by atoms with Gasteiger partial charge in [-0.3, -0.25) is 0 Å². The molecular weight excluding hydrogens is 180 g/mol. The molecule has 3 rings (SSSR count). The molecule has 1 saturated carbocycles. The first-order chi connectivity index (χ1) is 6.33. The van der Waals surface area contributed by atoms with Crippen LogP contribution in [0.2, 0.25) is 0 Å². The molecule has 1 aromatic rings. The Morgan fingerprint density at radius 3 is 3.23 bits per heavy atom. The molecule has 0 aliphatic heterocycles. The maximum absolute atomic E-state index is 5.75. The zero-order valence-electron chi connectivity index (χ0n) is 7.62. The number of nitrogens with two attached hydrogens (primary N) is 1. The van der Waals surface area contributed by atoms with E-state index in [9.17, 15) is 0 Å². The van der Waals surface area contributed by atoms with Crippen molar-refractivity contribution >= 4 is 16.5 Å². The third-order valence-electron chi connectivity index (χ3n) is 3.39. The molecule has 0 spiro atoms. The van der Waals surface area contributed by atoms with Gasteiger partial charge in [-0.15, -0.1) is 11.3 Å². The molecule has 0 saturated heterocycles. The van der Waals surface area contributed by atoms with Crippen LogP contribution in [0.3, 0.4) is 0 Å². The Kier molecular flexibility index (Phi) is 1.62. The zero-order valence-corrected chi connectivity index (χ0v) is 8.44. The van der Waals surface area contributed by atoms with Crippen LogP contribution in [0.25, 0.3) is 0 Å². The predicted octanol–water partition coefficient (Wildman–Crippen LogP) is 2.56. The second-order valence-corrected chi connectivity index (χ2v) is 5.41. The first kappa shape index (κ1) is 7.80. The van der Waals surface area contributed by atoms with Gasteiger partial charge in [-0.2, -0.15) is 0 Å². The van der Waals surface area contributed by atoms with Gasteiger partial charge < -0.3 is 5.73 Å². The number of anilines is 1. The zero-order chi connectivity index (χ0) is 8.84. The van der Waals surface area contributed by atoms with Crippen LogP contribution < -0.4 is 5.73 Å². The number of thiazole rings is 1. The van der Waals surface area contributed by atoms with E-state index in [4.69, 9.17) is 5.73 Å². The van der Waals surface area contributed by atoms with Crippen LogP contribution in [-0.4, -0.2) is 4.98 Å². The second-order valence-electron chi connectivity index (χ2n) is 4.29. The number of nitrogens with zero attached hydrogens (tertiary/aromatic N) is 1. The van der Waals surface area contributed by atoms with Gasteiger partial charge in [0.2, 0.25) is 0 Å². The van der Waals surface area contributed by atoms with Crippen molar-refractivity contribution in [3.05, 3.63) is 10.6 Å². The minimum Gasteiger partial charge on any atom is -0.375 e. The van der Waals surface area contributed by atoms with Gasteiger partial charge in [0.1, 0.15) is 0 Å². The molecule has 1 aromatic heterocycles. The molecule has 2 unspecified atom stereocenters. The summed E-state index contributed by atoms with van der Waals surface area (Å²) in [5, 5.41) is 0.776. The third kappa shape index (κ3) is 1.17. The molecule has 2 atom stereocenters. The van der Waals surface area contributed by atoms with Crippen molar-refractivity contribution in [2.24, 2.45) is 5.92 Å². The van der Waals surface area contributed by atoms with Gasteiger partial charge in [-0.25, -0.2) is 4.98 Å². The monoisotopic (exact) mass is 194 g/mol. The van der Waals surface area contributed by atoms with E-state index in [0.29, 0.717) is 0 Å². The van der Waals surface area contributed by atoms with Crippen molar-refractivity contribution in [3.63, 3.8) is 0 Å². The van der Waals surface area contributed by atoms with Crippen molar-refractivity contribution in [1.82, 2.24) is 4.98 Å². The van der Waals surface area contributed by atoms with E-state index in [1.165, 1.54) is 42.7 Å². The van der Waals surface area contributed by atoms with E-state index in [0.717, 1.165) is 17.0 Å². The van der Waals surface area contributed by atoms with Crippen molar-refractivity contribution < 1.29 is 0 Å². The van der Waals surface area contributed by atoms with E-state index in [1.807, 2.05) is 0 Å². The third-order valence-corrected chi connectivity index (χ3v) is 4.31. The number of aromatic nitrogens is 1. The standard InChI is InChI=1S/C10H14N2S/c11-10-12-9-7-3-1-2-6(4-7)5-8(9)13-10/h6-7H,1-5H2,(H2,11,12). The Morgan fingerprint density at radius 2 is 2.31 bits per heavy atom. The molecule has 2 aliphatic carbocycles. The largest absolute Gasteiger partial charge is 0.375 e. The minimum atomic E-state index is 0.746. The van der Waals surface area contributed by atoms with E-state index in [-0.39, 0.29) is 0 Å². The number of hydrogen-bond acceptors (Lipinski definition) is 3. The molecule has 2 aliphatic rings. The number of fused-ring (bicyclic) bond motifs is 4. The maximum atomic E-state index is 5.75.